The Morgan fingerprint density at radius 1 is 1.00 bits per heavy atom. The number of piperidine rings is 1. The molecule has 0 radical (unpaired) electrons. The Labute approximate surface area is 163 Å². The number of likely N-dealkylation sites (tertiary alicyclic amines) is 1. The van der Waals surface area contributed by atoms with Gasteiger partial charge in [-0.1, -0.05) is 6.07 Å². The van der Waals surface area contributed by atoms with Crippen molar-refractivity contribution in [3.63, 3.8) is 0 Å². The molecular weight excluding hydrogens is 358 g/mol. The molecule has 1 saturated carbocycles. The maximum Gasteiger partial charge on any atom is 0.291 e. The predicted molar refractivity (Wildman–Crippen MR) is 103 cm³/mol. The predicted octanol–water partition coefficient (Wildman–Crippen LogP) is 2.66. The third kappa shape index (κ3) is 4.24. The molecular formula is C21H23N3O4. The number of anilines is 1. The fraction of sp³-hybridized carbons (Fsp3) is 0.381. The molecule has 1 aromatic carbocycles. The van der Waals surface area contributed by atoms with Crippen LogP contribution < -0.4 is 10.6 Å². The number of benzene rings is 1. The Morgan fingerprint density at radius 2 is 1.79 bits per heavy atom. The third-order valence-corrected chi connectivity index (χ3v) is 5.19. The first-order chi connectivity index (χ1) is 13.6. The fourth-order valence-electron chi connectivity index (χ4n) is 3.40. The number of furan rings is 1. The van der Waals surface area contributed by atoms with Crippen molar-refractivity contribution in [1.82, 2.24) is 10.2 Å². The van der Waals surface area contributed by atoms with Gasteiger partial charge < -0.3 is 20.0 Å². The highest BCUT2D eigenvalue weighted by atomic mass is 16.3. The lowest BCUT2D eigenvalue weighted by molar-refractivity contribution is -0.126. The monoisotopic (exact) mass is 381 g/mol. The quantitative estimate of drug-likeness (QED) is 0.833. The molecule has 2 aliphatic rings. The van der Waals surface area contributed by atoms with Gasteiger partial charge in [-0.05, 0) is 56.0 Å². The molecule has 3 amide bonds. The summed E-state index contributed by atoms with van der Waals surface area (Å²) in [6.45, 7) is 1.12. The van der Waals surface area contributed by atoms with E-state index in [0.29, 0.717) is 43.2 Å². The van der Waals surface area contributed by atoms with Gasteiger partial charge in [0.15, 0.2) is 5.76 Å². The van der Waals surface area contributed by atoms with Crippen LogP contribution in [-0.2, 0) is 4.79 Å². The molecule has 2 aromatic rings. The van der Waals surface area contributed by atoms with Gasteiger partial charge in [0.25, 0.3) is 11.8 Å². The summed E-state index contributed by atoms with van der Waals surface area (Å²) in [6, 6.07) is 10.4. The van der Waals surface area contributed by atoms with Gasteiger partial charge in [-0.25, -0.2) is 0 Å². The number of carbonyl (C=O) groups is 3. The van der Waals surface area contributed by atoms with E-state index in [0.717, 1.165) is 12.8 Å². The highest BCUT2D eigenvalue weighted by Gasteiger charge is 2.31. The summed E-state index contributed by atoms with van der Waals surface area (Å²) in [5, 5.41) is 5.78. The molecule has 0 bridgehead atoms. The minimum absolute atomic E-state index is 0.0106. The van der Waals surface area contributed by atoms with Gasteiger partial charge >= 0.3 is 0 Å². The maximum absolute atomic E-state index is 12.8. The molecule has 28 heavy (non-hydrogen) atoms. The van der Waals surface area contributed by atoms with Gasteiger partial charge in [0.05, 0.1) is 6.26 Å². The van der Waals surface area contributed by atoms with E-state index in [9.17, 15) is 14.4 Å². The zero-order valence-corrected chi connectivity index (χ0v) is 15.5. The zero-order valence-electron chi connectivity index (χ0n) is 15.5. The summed E-state index contributed by atoms with van der Waals surface area (Å²) in [7, 11) is 0. The molecule has 146 valence electrons. The van der Waals surface area contributed by atoms with Crippen molar-refractivity contribution in [3.8, 4) is 0 Å². The van der Waals surface area contributed by atoms with E-state index in [1.54, 1.807) is 41.3 Å². The SMILES string of the molecule is O=C(Nc1cccc(C(=O)N2CCC(C(=O)NC3CC3)CC2)c1)c1ccco1. The van der Waals surface area contributed by atoms with Crippen molar-refractivity contribution >= 4 is 23.4 Å². The van der Waals surface area contributed by atoms with Crippen molar-refractivity contribution in [2.24, 2.45) is 5.92 Å². The lowest BCUT2D eigenvalue weighted by Crippen LogP contribution is -2.43. The molecule has 1 aromatic heterocycles. The van der Waals surface area contributed by atoms with E-state index >= 15 is 0 Å². The fourth-order valence-corrected chi connectivity index (χ4v) is 3.40. The summed E-state index contributed by atoms with van der Waals surface area (Å²) in [4.78, 5) is 38.9. The molecule has 0 spiro atoms. The van der Waals surface area contributed by atoms with Gasteiger partial charge in [-0.3, -0.25) is 14.4 Å². The van der Waals surface area contributed by atoms with Crippen LogP contribution in [0.4, 0.5) is 5.69 Å². The lowest BCUT2D eigenvalue weighted by atomic mass is 9.95. The first-order valence-electron chi connectivity index (χ1n) is 9.65. The summed E-state index contributed by atoms with van der Waals surface area (Å²) in [6.07, 6.45) is 4.95. The van der Waals surface area contributed by atoms with Gasteiger partial charge in [-0.2, -0.15) is 0 Å². The van der Waals surface area contributed by atoms with Crippen LogP contribution in [0.5, 0.6) is 0 Å². The van der Waals surface area contributed by atoms with Crippen LogP contribution in [0.3, 0.4) is 0 Å². The van der Waals surface area contributed by atoms with Crippen LogP contribution in [0.2, 0.25) is 0 Å². The molecule has 2 N–H and O–H groups in total. The second-order valence-electron chi connectivity index (χ2n) is 7.36. The molecule has 4 rings (SSSR count). The zero-order chi connectivity index (χ0) is 19.5. The first kappa shape index (κ1) is 18.3. The van der Waals surface area contributed by atoms with Crippen molar-refractivity contribution in [3.05, 3.63) is 54.0 Å². The van der Waals surface area contributed by atoms with E-state index in [4.69, 9.17) is 4.42 Å². The highest BCUT2D eigenvalue weighted by Crippen LogP contribution is 2.24. The second kappa shape index (κ2) is 7.88. The van der Waals surface area contributed by atoms with Gasteiger partial charge in [-0.15, -0.1) is 0 Å². The number of carbonyl (C=O) groups excluding carboxylic acids is 3. The second-order valence-corrected chi connectivity index (χ2v) is 7.36. The Morgan fingerprint density at radius 3 is 2.46 bits per heavy atom. The van der Waals surface area contributed by atoms with Crippen LogP contribution in [-0.4, -0.2) is 41.8 Å². The maximum atomic E-state index is 12.8. The number of nitrogens with one attached hydrogen (secondary N) is 2. The number of nitrogens with zero attached hydrogens (tertiary/aromatic N) is 1. The number of hydrogen-bond acceptors (Lipinski definition) is 4. The van der Waals surface area contributed by atoms with Crippen molar-refractivity contribution in [2.45, 2.75) is 31.7 Å². The normalized spacial score (nSPS) is 17.2. The topological polar surface area (TPSA) is 91.7 Å². The smallest absolute Gasteiger partial charge is 0.291 e. The van der Waals surface area contributed by atoms with Crippen LogP contribution in [0.15, 0.2) is 47.1 Å². The molecule has 7 nitrogen and oxygen atoms in total. The van der Waals surface area contributed by atoms with Crippen molar-refractivity contribution in [1.29, 1.82) is 0 Å². The average Bonchev–Trinajstić information content (AvgIpc) is 3.35. The lowest BCUT2D eigenvalue weighted by Gasteiger charge is -2.31. The summed E-state index contributed by atoms with van der Waals surface area (Å²) < 4.78 is 5.08. The van der Waals surface area contributed by atoms with Crippen LogP contribution in [0, 0.1) is 5.92 Å². The molecule has 0 unspecified atom stereocenters. The Kier molecular flexibility index (Phi) is 5.14. The molecule has 1 aliphatic heterocycles. The molecule has 7 heteroatoms. The summed E-state index contributed by atoms with van der Waals surface area (Å²) >= 11 is 0. The minimum Gasteiger partial charge on any atom is -0.459 e. The average molecular weight is 381 g/mol. The number of amides is 3. The first-order valence-corrected chi connectivity index (χ1v) is 9.65. The Balaban J connectivity index is 1.34. The molecule has 2 fully saturated rings. The standard InChI is InChI=1S/C21H23N3O4/c25-19(22-16-6-7-16)14-8-10-24(11-9-14)21(27)15-3-1-4-17(13-15)23-20(26)18-5-2-12-28-18/h1-5,12-14,16H,6-11H2,(H,22,25)(H,23,26). The molecule has 0 atom stereocenters. The van der Waals surface area contributed by atoms with Crippen LogP contribution >= 0.6 is 0 Å². The number of hydrogen-bond donors (Lipinski definition) is 2. The van der Waals surface area contributed by atoms with E-state index in [1.165, 1.54) is 6.26 Å². The van der Waals surface area contributed by atoms with Gasteiger partial charge in [0, 0.05) is 36.3 Å². The summed E-state index contributed by atoms with van der Waals surface area (Å²) in [5.41, 5.74) is 1.05. The van der Waals surface area contributed by atoms with E-state index < -0.39 is 0 Å². The van der Waals surface area contributed by atoms with Crippen LogP contribution in [0.25, 0.3) is 0 Å². The van der Waals surface area contributed by atoms with Crippen LogP contribution in [0.1, 0.15) is 46.6 Å². The Hall–Kier alpha value is -3.09. The third-order valence-electron chi connectivity index (χ3n) is 5.19. The van der Waals surface area contributed by atoms with Crippen molar-refractivity contribution in [2.75, 3.05) is 18.4 Å². The molecule has 2 heterocycles. The summed E-state index contributed by atoms with van der Waals surface area (Å²) in [5.74, 6) is -0.128. The van der Waals surface area contributed by atoms with Gasteiger partial charge in [0.1, 0.15) is 0 Å². The van der Waals surface area contributed by atoms with E-state index in [2.05, 4.69) is 10.6 Å². The van der Waals surface area contributed by atoms with E-state index in [1.807, 2.05) is 0 Å². The largest absolute Gasteiger partial charge is 0.459 e. The van der Waals surface area contributed by atoms with E-state index in [-0.39, 0.29) is 29.4 Å². The minimum atomic E-state index is -0.364. The van der Waals surface area contributed by atoms with Crippen molar-refractivity contribution < 1.29 is 18.8 Å². The Bertz CT molecular complexity index is 866. The molecule has 1 saturated heterocycles. The molecule has 1 aliphatic carbocycles. The number of rotatable bonds is 5. The van der Waals surface area contributed by atoms with Gasteiger partial charge in [0.2, 0.25) is 5.91 Å². The highest BCUT2D eigenvalue weighted by molar-refractivity contribution is 6.03.